The molecule has 2 aromatic rings. The number of rotatable bonds is 6. The fraction of sp³-hybridized carbons (Fsp3) is 0.400. The van der Waals surface area contributed by atoms with Crippen molar-refractivity contribution in [2.45, 2.75) is 25.9 Å². The van der Waals surface area contributed by atoms with Gasteiger partial charge in [-0.2, -0.15) is 0 Å². The van der Waals surface area contributed by atoms with Crippen LogP contribution in [0.25, 0.3) is 0 Å². The van der Waals surface area contributed by atoms with Gasteiger partial charge in [0.15, 0.2) is 0 Å². The minimum atomic E-state index is -0.863. The van der Waals surface area contributed by atoms with Crippen molar-refractivity contribution in [3.05, 3.63) is 34.8 Å². The van der Waals surface area contributed by atoms with Crippen LogP contribution in [0.5, 0.6) is 5.75 Å². The van der Waals surface area contributed by atoms with Crippen LogP contribution in [0, 0.1) is 0 Å². The second-order valence-electron chi connectivity index (χ2n) is 5.19. The molecule has 1 aromatic heterocycles. The van der Waals surface area contributed by atoms with Crippen molar-refractivity contribution in [1.29, 1.82) is 0 Å². The first-order chi connectivity index (χ1) is 11.0. The molecule has 1 aromatic carbocycles. The smallest absolute Gasteiger partial charge is 0.321 e. The van der Waals surface area contributed by atoms with Crippen LogP contribution in [0.2, 0.25) is 0 Å². The van der Waals surface area contributed by atoms with Gasteiger partial charge in [0.2, 0.25) is 5.13 Å². The van der Waals surface area contributed by atoms with Gasteiger partial charge in [-0.1, -0.05) is 43.4 Å². The molecule has 1 unspecified atom stereocenters. The maximum atomic E-state index is 11.9. The number of ether oxygens (including phenoxy) is 1. The third-order valence-electron chi connectivity index (χ3n) is 3.11. The molecule has 0 saturated carbocycles. The van der Waals surface area contributed by atoms with Crippen molar-refractivity contribution in [2.75, 3.05) is 19.0 Å². The fourth-order valence-corrected chi connectivity index (χ4v) is 2.64. The fourth-order valence-electron chi connectivity index (χ4n) is 1.90. The van der Waals surface area contributed by atoms with Crippen molar-refractivity contribution < 1.29 is 14.6 Å². The zero-order valence-electron chi connectivity index (χ0n) is 13.2. The quantitative estimate of drug-likeness (QED) is 0.753. The van der Waals surface area contributed by atoms with Gasteiger partial charge < -0.3 is 15.2 Å². The number of para-hydroxylation sites is 1. The largest absolute Gasteiger partial charge is 0.496 e. The van der Waals surface area contributed by atoms with Crippen LogP contribution in [-0.4, -0.2) is 35.0 Å². The number of urea groups is 1. The minimum absolute atomic E-state index is 0.0576. The Labute approximate surface area is 138 Å². The zero-order valence-corrected chi connectivity index (χ0v) is 14.1. The van der Waals surface area contributed by atoms with E-state index in [0.29, 0.717) is 16.4 Å². The van der Waals surface area contributed by atoms with Gasteiger partial charge in [0.25, 0.3) is 0 Å². The summed E-state index contributed by atoms with van der Waals surface area (Å²) in [6, 6.07) is 6.69. The molecule has 8 heteroatoms. The van der Waals surface area contributed by atoms with Crippen LogP contribution < -0.4 is 15.4 Å². The SMILES string of the molecule is COc1ccccc1C(O)CNC(=O)Nc1nnc(C(C)C)s1. The molecule has 0 aliphatic heterocycles. The lowest BCUT2D eigenvalue weighted by Gasteiger charge is -2.15. The number of carbonyl (C=O) groups excluding carboxylic acids is 1. The van der Waals surface area contributed by atoms with E-state index in [9.17, 15) is 9.90 Å². The summed E-state index contributed by atoms with van der Waals surface area (Å²) in [6.45, 7) is 4.07. The number of nitrogens with one attached hydrogen (secondary N) is 2. The Morgan fingerprint density at radius 1 is 1.35 bits per heavy atom. The summed E-state index contributed by atoms with van der Waals surface area (Å²) in [5.74, 6) is 0.839. The highest BCUT2D eigenvalue weighted by molar-refractivity contribution is 7.15. The second kappa shape index (κ2) is 7.89. The predicted octanol–water partition coefficient (Wildman–Crippen LogP) is 2.53. The number of anilines is 1. The molecule has 0 aliphatic carbocycles. The van der Waals surface area contributed by atoms with E-state index in [4.69, 9.17) is 4.74 Å². The van der Waals surface area contributed by atoms with Gasteiger partial charge in [0, 0.05) is 18.0 Å². The molecule has 124 valence electrons. The third-order valence-corrected chi connectivity index (χ3v) is 4.25. The number of hydrogen-bond acceptors (Lipinski definition) is 6. The lowest BCUT2D eigenvalue weighted by Crippen LogP contribution is -2.32. The highest BCUT2D eigenvalue weighted by Gasteiger charge is 2.15. The molecule has 1 atom stereocenters. The second-order valence-corrected chi connectivity index (χ2v) is 6.20. The number of carbonyl (C=O) groups is 1. The van der Waals surface area contributed by atoms with Crippen LogP contribution in [0.4, 0.5) is 9.93 Å². The molecular weight excluding hydrogens is 316 g/mol. The Balaban J connectivity index is 1.88. The summed E-state index contributed by atoms with van der Waals surface area (Å²) in [7, 11) is 1.54. The molecule has 3 N–H and O–H groups in total. The van der Waals surface area contributed by atoms with Crippen molar-refractivity contribution in [3.63, 3.8) is 0 Å². The molecule has 0 fully saturated rings. The maximum Gasteiger partial charge on any atom is 0.321 e. The first kappa shape index (κ1) is 17.2. The van der Waals surface area contributed by atoms with Crippen LogP contribution >= 0.6 is 11.3 Å². The number of methoxy groups -OCH3 is 1. The van der Waals surface area contributed by atoms with E-state index < -0.39 is 12.1 Å². The summed E-state index contributed by atoms with van der Waals surface area (Å²) in [6.07, 6.45) is -0.863. The number of aromatic nitrogens is 2. The Bertz CT molecular complexity index is 660. The Morgan fingerprint density at radius 2 is 2.09 bits per heavy atom. The van der Waals surface area contributed by atoms with Crippen LogP contribution in [0.3, 0.4) is 0 Å². The average molecular weight is 336 g/mol. The first-order valence-electron chi connectivity index (χ1n) is 7.20. The average Bonchev–Trinajstić information content (AvgIpc) is 3.01. The van der Waals surface area contributed by atoms with Crippen LogP contribution in [0.1, 0.15) is 36.4 Å². The first-order valence-corrected chi connectivity index (χ1v) is 8.02. The summed E-state index contributed by atoms with van der Waals surface area (Å²) in [4.78, 5) is 11.9. The molecule has 1 heterocycles. The molecule has 0 saturated heterocycles. The van der Waals surface area contributed by atoms with Gasteiger partial charge in [-0.05, 0) is 6.07 Å². The summed E-state index contributed by atoms with van der Waals surface area (Å²) in [5, 5.41) is 24.6. The van der Waals surface area contributed by atoms with Gasteiger partial charge in [-0.3, -0.25) is 5.32 Å². The lowest BCUT2D eigenvalue weighted by atomic mass is 10.1. The van der Waals surface area contributed by atoms with E-state index in [1.54, 1.807) is 18.2 Å². The van der Waals surface area contributed by atoms with Gasteiger partial charge in [-0.15, -0.1) is 10.2 Å². The summed E-state index contributed by atoms with van der Waals surface area (Å²) >= 11 is 1.33. The summed E-state index contributed by atoms with van der Waals surface area (Å²) < 4.78 is 5.19. The number of nitrogens with zero attached hydrogens (tertiary/aromatic N) is 2. The number of amides is 2. The standard InChI is InChI=1S/C15H20N4O3S/c1-9(2)13-18-19-15(23-13)17-14(21)16-8-11(20)10-6-4-5-7-12(10)22-3/h4-7,9,11,20H,8H2,1-3H3,(H2,16,17,19,21). The van der Waals surface area contributed by atoms with E-state index in [2.05, 4.69) is 20.8 Å². The van der Waals surface area contributed by atoms with Crippen LogP contribution in [-0.2, 0) is 0 Å². The number of aliphatic hydroxyl groups excluding tert-OH is 1. The Kier molecular flexibility index (Phi) is 5.89. The van der Waals surface area contributed by atoms with Crippen molar-refractivity contribution in [1.82, 2.24) is 15.5 Å². The normalized spacial score (nSPS) is 12.0. The molecule has 2 amide bonds. The topological polar surface area (TPSA) is 96.4 Å². The number of hydrogen-bond donors (Lipinski definition) is 3. The molecule has 0 aliphatic rings. The van der Waals surface area contributed by atoms with Crippen molar-refractivity contribution >= 4 is 22.5 Å². The van der Waals surface area contributed by atoms with E-state index in [1.807, 2.05) is 19.9 Å². The molecule has 23 heavy (non-hydrogen) atoms. The number of benzene rings is 1. The summed E-state index contributed by atoms with van der Waals surface area (Å²) in [5.41, 5.74) is 0.619. The van der Waals surface area contributed by atoms with Crippen molar-refractivity contribution in [3.8, 4) is 5.75 Å². The minimum Gasteiger partial charge on any atom is -0.496 e. The van der Waals surface area contributed by atoms with Crippen LogP contribution in [0.15, 0.2) is 24.3 Å². The maximum absolute atomic E-state index is 11.9. The van der Waals surface area contributed by atoms with Crippen molar-refractivity contribution in [2.24, 2.45) is 0 Å². The predicted molar refractivity (Wildman–Crippen MR) is 89.0 cm³/mol. The molecule has 0 spiro atoms. The van der Waals surface area contributed by atoms with E-state index >= 15 is 0 Å². The molecular formula is C15H20N4O3S. The van der Waals surface area contributed by atoms with E-state index in [-0.39, 0.29) is 12.5 Å². The van der Waals surface area contributed by atoms with Gasteiger partial charge in [0.1, 0.15) is 10.8 Å². The lowest BCUT2D eigenvalue weighted by molar-refractivity contribution is 0.171. The molecule has 0 bridgehead atoms. The van der Waals surface area contributed by atoms with Gasteiger partial charge >= 0.3 is 6.03 Å². The monoisotopic (exact) mass is 336 g/mol. The highest BCUT2D eigenvalue weighted by atomic mass is 32.1. The highest BCUT2D eigenvalue weighted by Crippen LogP contribution is 2.24. The Hall–Kier alpha value is -2.19. The molecule has 7 nitrogen and oxygen atoms in total. The van der Waals surface area contributed by atoms with Gasteiger partial charge in [-0.25, -0.2) is 4.79 Å². The zero-order chi connectivity index (χ0) is 16.8. The molecule has 2 rings (SSSR count). The third kappa shape index (κ3) is 4.64. The van der Waals surface area contributed by atoms with E-state index in [0.717, 1.165) is 5.01 Å². The van der Waals surface area contributed by atoms with Gasteiger partial charge in [0.05, 0.1) is 13.2 Å². The Morgan fingerprint density at radius 3 is 2.74 bits per heavy atom. The molecule has 0 radical (unpaired) electrons. The number of aliphatic hydroxyl groups is 1. The van der Waals surface area contributed by atoms with E-state index in [1.165, 1.54) is 18.4 Å².